The maximum atomic E-state index is 13.2. The minimum Gasteiger partial charge on any atom is -0.484 e. The molecule has 3 rings (SSSR count). The molecular formula is C25H33N3O3S. The van der Waals surface area contributed by atoms with Gasteiger partial charge in [0.1, 0.15) is 11.8 Å². The first kappa shape index (κ1) is 24.0. The zero-order valence-corrected chi connectivity index (χ0v) is 20.0. The molecule has 7 heteroatoms. The summed E-state index contributed by atoms with van der Waals surface area (Å²) >= 11 is 1.67. The highest BCUT2D eigenvalue weighted by Crippen LogP contribution is 2.24. The molecule has 0 bridgehead atoms. The maximum absolute atomic E-state index is 13.2. The van der Waals surface area contributed by atoms with E-state index in [1.807, 2.05) is 29.4 Å². The molecule has 1 saturated heterocycles. The average Bonchev–Trinajstić information content (AvgIpc) is 2.82. The summed E-state index contributed by atoms with van der Waals surface area (Å²) in [6, 6.07) is 15.0. The van der Waals surface area contributed by atoms with Crippen molar-refractivity contribution in [3.8, 4) is 5.75 Å². The molecule has 1 aliphatic rings. The van der Waals surface area contributed by atoms with E-state index < -0.39 is 6.04 Å². The van der Waals surface area contributed by atoms with E-state index >= 15 is 0 Å². The molecule has 32 heavy (non-hydrogen) atoms. The molecule has 1 fully saturated rings. The number of para-hydroxylation sites is 1. The van der Waals surface area contributed by atoms with Crippen LogP contribution in [-0.2, 0) is 9.59 Å². The van der Waals surface area contributed by atoms with Gasteiger partial charge in [-0.25, -0.2) is 0 Å². The van der Waals surface area contributed by atoms with Crippen LogP contribution in [0.1, 0.15) is 17.5 Å². The van der Waals surface area contributed by atoms with Gasteiger partial charge in [-0.15, -0.1) is 0 Å². The van der Waals surface area contributed by atoms with Gasteiger partial charge in [0.25, 0.3) is 5.91 Å². The number of rotatable bonds is 9. The predicted molar refractivity (Wildman–Crippen MR) is 132 cm³/mol. The van der Waals surface area contributed by atoms with Crippen molar-refractivity contribution >= 4 is 29.3 Å². The van der Waals surface area contributed by atoms with Crippen LogP contribution >= 0.6 is 11.8 Å². The second kappa shape index (κ2) is 11.8. The van der Waals surface area contributed by atoms with Crippen LogP contribution < -0.4 is 15.0 Å². The highest BCUT2D eigenvalue weighted by molar-refractivity contribution is 7.98. The van der Waals surface area contributed by atoms with Gasteiger partial charge in [0.15, 0.2) is 6.61 Å². The lowest BCUT2D eigenvalue weighted by molar-refractivity contribution is -0.137. The molecule has 172 valence electrons. The number of nitrogens with one attached hydrogen (secondary N) is 1. The maximum Gasteiger partial charge on any atom is 0.258 e. The number of hydrogen-bond acceptors (Lipinski definition) is 5. The highest BCUT2D eigenvalue weighted by atomic mass is 32.2. The number of nitrogens with zero attached hydrogens (tertiary/aromatic N) is 2. The smallest absolute Gasteiger partial charge is 0.258 e. The lowest BCUT2D eigenvalue weighted by Crippen LogP contribution is -2.55. The molecule has 1 N–H and O–H groups in total. The number of piperazine rings is 1. The number of anilines is 1. The fraction of sp³-hybridized carbons (Fsp3) is 0.440. The van der Waals surface area contributed by atoms with E-state index in [-0.39, 0.29) is 18.4 Å². The van der Waals surface area contributed by atoms with Crippen molar-refractivity contribution in [3.05, 3.63) is 59.7 Å². The molecule has 1 aliphatic heterocycles. The van der Waals surface area contributed by atoms with Gasteiger partial charge >= 0.3 is 0 Å². The first-order valence-electron chi connectivity index (χ1n) is 11.1. The molecule has 0 spiro atoms. The molecule has 2 aromatic rings. The van der Waals surface area contributed by atoms with E-state index in [1.54, 1.807) is 23.9 Å². The summed E-state index contributed by atoms with van der Waals surface area (Å²) in [5.41, 5.74) is 3.80. The van der Waals surface area contributed by atoms with Gasteiger partial charge in [-0.05, 0) is 61.6 Å². The Morgan fingerprint density at radius 1 is 1.03 bits per heavy atom. The lowest BCUT2D eigenvalue weighted by atomic mass is 10.1. The summed E-state index contributed by atoms with van der Waals surface area (Å²) in [7, 11) is 0. The molecule has 2 amide bonds. The first-order chi connectivity index (χ1) is 15.5. The number of thioether (sulfide) groups is 1. The fourth-order valence-corrected chi connectivity index (χ4v) is 4.33. The van der Waals surface area contributed by atoms with Gasteiger partial charge in [-0.2, -0.15) is 11.8 Å². The largest absolute Gasteiger partial charge is 0.484 e. The number of ether oxygens (including phenoxy) is 1. The molecule has 2 aromatic carbocycles. The fourth-order valence-electron chi connectivity index (χ4n) is 3.86. The molecule has 1 heterocycles. The molecule has 0 unspecified atom stereocenters. The van der Waals surface area contributed by atoms with Crippen LogP contribution in [0.15, 0.2) is 48.5 Å². The summed E-state index contributed by atoms with van der Waals surface area (Å²) in [6.45, 7) is 7.05. The van der Waals surface area contributed by atoms with Crippen LogP contribution in [0, 0.1) is 13.8 Å². The highest BCUT2D eigenvalue weighted by Gasteiger charge is 2.29. The Balaban J connectivity index is 1.56. The number of carbonyl (C=O) groups is 2. The van der Waals surface area contributed by atoms with Crippen molar-refractivity contribution in [3.63, 3.8) is 0 Å². The Kier molecular flexibility index (Phi) is 8.85. The zero-order chi connectivity index (χ0) is 22.9. The van der Waals surface area contributed by atoms with E-state index in [4.69, 9.17) is 4.74 Å². The summed E-state index contributed by atoms with van der Waals surface area (Å²) < 4.78 is 5.53. The average molecular weight is 456 g/mol. The Hall–Kier alpha value is -2.67. The van der Waals surface area contributed by atoms with Crippen LogP contribution in [0.4, 0.5) is 5.69 Å². The minimum absolute atomic E-state index is 0.00674. The Labute approximate surface area is 195 Å². The third kappa shape index (κ3) is 6.42. The second-order valence-electron chi connectivity index (χ2n) is 8.03. The summed E-state index contributed by atoms with van der Waals surface area (Å²) in [4.78, 5) is 29.9. The first-order valence-corrected chi connectivity index (χ1v) is 12.4. The van der Waals surface area contributed by atoms with Crippen LogP contribution in [0.3, 0.4) is 0 Å². The number of carbonyl (C=O) groups excluding carboxylic acids is 2. The summed E-state index contributed by atoms with van der Waals surface area (Å²) in [6.07, 6.45) is 2.61. The van der Waals surface area contributed by atoms with Gasteiger partial charge in [0.05, 0.1) is 0 Å². The van der Waals surface area contributed by atoms with Gasteiger partial charge in [-0.1, -0.05) is 30.3 Å². The molecule has 0 radical (unpaired) electrons. The van der Waals surface area contributed by atoms with Crippen molar-refractivity contribution in [2.24, 2.45) is 0 Å². The minimum atomic E-state index is -0.526. The van der Waals surface area contributed by atoms with Crippen LogP contribution in [0.2, 0.25) is 0 Å². The Bertz CT molecular complexity index is 899. The monoisotopic (exact) mass is 455 g/mol. The van der Waals surface area contributed by atoms with Gasteiger partial charge in [0, 0.05) is 31.9 Å². The van der Waals surface area contributed by atoms with Crippen molar-refractivity contribution < 1.29 is 14.3 Å². The Morgan fingerprint density at radius 2 is 1.75 bits per heavy atom. The molecule has 0 saturated carbocycles. The normalized spacial score (nSPS) is 14.7. The molecule has 6 nitrogen and oxygen atoms in total. The van der Waals surface area contributed by atoms with Crippen molar-refractivity contribution in [2.45, 2.75) is 26.3 Å². The van der Waals surface area contributed by atoms with Crippen LogP contribution in [0.5, 0.6) is 5.75 Å². The van der Waals surface area contributed by atoms with E-state index in [9.17, 15) is 9.59 Å². The van der Waals surface area contributed by atoms with E-state index in [0.29, 0.717) is 25.3 Å². The van der Waals surface area contributed by atoms with Crippen LogP contribution in [-0.4, -0.2) is 67.6 Å². The quantitative estimate of drug-likeness (QED) is 0.629. The van der Waals surface area contributed by atoms with E-state index in [2.05, 4.69) is 42.3 Å². The number of amides is 2. The summed E-state index contributed by atoms with van der Waals surface area (Å²) in [5, 5.41) is 2.90. The van der Waals surface area contributed by atoms with Gasteiger partial charge in [0.2, 0.25) is 5.91 Å². The molecule has 0 aliphatic carbocycles. The number of benzene rings is 2. The second-order valence-corrected chi connectivity index (χ2v) is 9.02. The molecule has 0 aromatic heterocycles. The van der Waals surface area contributed by atoms with Crippen molar-refractivity contribution in [2.75, 3.05) is 49.7 Å². The van der Waals surface area contributed by atoms with E-state index in [1.165, 1.54) is 16.8 Å². The summed E-state index contributed by atoms with van der Waals surface area (Å²) in [5.74, 6) is 1.16. The number of hydrogen-bond donors (Lipinski definition) is 1. The topological polar surface area (TPSA) is 61.9 Å². The van der Waals surface area contributed by atoms with Gasteiger partial charge in [-0.3, -0.25) is 9.59 Å². The zero-order valence-electron chi connectivity index (χ0n) is 19.2. The third-order valence-electron chi connectivity index (χ3n) is 5.87. The van der Waals surface area contributed by atoms with E-state index in [0.717, 1.165) is 18.8 Å². The SMILES string of the molecule is CSCC[C@H](NC(=O)COc1ccccc1)C(=O)N1CCN(c2cccc(C)c2C)CC1. The number of aryl methyl sites for hydroxylation is 1. The molecule has 1 atom stereocenters. The Morgan fingerprint density at radius 3 is 2.44 bits per heavy atom. The lowest BCUT2D eigenvalue weighted by Gasteiger charge is -2.38. The van der Waals surface area contributed by atoms with Crippen LogP contribution in [0.25, 0.3) is 0 Å². The standard InChI is InChI=1S/C25H33N3O3S/c1-19-8-7-11-23(20(19)2)27-13-15-28(16-14-27)25(30)22(12-17-32-3)26-24(29)18-31-21-9-5-4-6-10-21/h4-11,22H,12-18H2,1-3H3,(H,26,29)/t22-/m0/s1. The van der Waals surface area contributed by atoms with Crippen molar-refractivity contribution in [1.29, 1.82) is 0 Å². The third-order valence-corrected chi connectivity index (χ3v) is 6.51. The predicted octanol–water partition coefficient (Wildman–Crippen LogP) is 3.27. The molecular weight excluding hydrogens is 422 g/mol. The van der Waals surface area contributed by atoms with Crippen molar-refractivity contribution in [1.82, 2.24) is 10.2 Å². The van der Waals surface area contributed by atoms with Gasteiger partial charge < -0.3 is 19.9 Å².